The van der Waals surface area contributed by atoms with Crippen LogP contribution < -0.4 is 14.8 Å². The second-order valence-corrected chi connectivity index (χ2v) is 6.76. The second kappa shape index (κ2) is 8.04. The molecule has 1 aromatic rings. The van der Waals surface area contributed by atoms with Gasteiger partial charge in [-0.05, 0) is 36.5 Å². The number of benzene rings is 1. The molecule has 2 rings (SSSR count). The van der Waals surface area contributed by atoms with Gasteiger partial charge in [0.15, 0.2) is 0 Å². The Morgan fingerprint density at radius 2 is 2.00 bits per heavy atom. The number of hydrogen-bond acceptors (Lipinski definition) is 4. The van der Waals surface area contributed by atoms with Gasteiger partial charge in [0.25, 0.3) is 0 Å². The van der Waals surface area contributed by atoms with Gasteiger partial charge >= 0.3 is 0 Å². The molecule has 0 radical (unpaired) electrons. The molecule has 1 fully saturated rings. The smallest absolute Gasteiger partial charge is 0.123 e. The molecule has 0 amide bonds. The van der Waals surface area contributed by atoms with E-state index in [0.29, 0.717) is 19.2 Å². The molecule has 126 valence electrons. The average molecular weight is 330 g/mol. The molecule has 0 spiro atoms. The van der Waals surface area contributed by atoms with E-state index in [2.05, 4.69) is 26.1 Å². The van der Waals surface area contributed by atoms with Crippen LogP contribution in [0.15, 0.2) is 18.2 Å². The first-order valence-electron chi connectivity index (χ1n) is 7.63. The van der Waals surface area contributed by atoms with E-state index in [1.165, 1.54) is 12.8 Å². The van der Waals surface area contributed by atoms with Gasteiger partial charge in [-0.15, -0.1) is 12.4 Å². The van der Waals surface area contributed by atoms with Crippen LogP contribution >= 0.6 is 12.4 Å². The van der Waals surface area contributed by atoms with Gasteiger partial charge < -0.3 is 19.9 Å². The zero-order chi connectivity index (χ0) is 15.5. The number of methoxy groups -OCH3 is 1. The van der Waals surface area contributed by atoms with Crippen LogP contribution in [-0.2, 0) is 5.41 Å². The summed E-state index contributed by atoms with van der Waals surface area (Å²) in [6.45, 7) is 7.31. The van der Waals surface area contributed by atoms with E-state index >= 15 is 0 Å². The van der Waals surface area contributed by atoms with Gasteiger partial charge in [-0.2, -0.15) is 0 Å². The highest BCUT2D eigenvalue weighted by Crippen LogP contribution is 2.34. The van der Waals surface area contributed by atoms with Crippen molar-refractivity contribution in [2.24, 2.45) is 0 Å². The number of hydrogen-bond donors (Lipinski definition) is 2. The molecule has 0 bridgehead atoms. The maximum atomic E-state index is 9.97. The first-order valence-corrected chi connectivity index (χ1v) is 7.63. The normalized spacial score (nSPS) is 15.9. The largest absolute Gasteiger partial charge is 0.497 e. The number of halogens is 1. The first kappa shape index (κ1) is 19.1. The molecule has 4 nitrogen and oxygen atoms in total. The maximum absolute atomic E-state index is 9.97. The molecule has 1 aliphatic rings. The summed E-state index contributed by atoms with van der Waals surface area (Å²) < 4.78 is 11.1. The van der Waals surface area contributed by atoms with Crippen molar-refractivity contribution in [3.8, 4) is 11.5 Å². The molecule has 0 aliphatic heterocycles. The van der Waals surface area contributed by atoms with Crippen molar-refractivity contribution in [2.45, 2.75) is 51.2 Å². The highest BCUT2D eigenvalue weighted by atomic mass is 35.5. The van der Waals surface area contributed by atoms with Crippen molar-refractivity contribution < 1.29 is 14.6 Å². The lowest BCUT2D eigenvalue weighted by atomic mass is 9.86. The van der Waals surface area contributed by atoms with Gasteiger partial charge in [0, 0.05) is 18.2 Å². The van der Waals surface area contributed by atoms with Crippen LogP contribution in [0.2, 0.25) is 0 Å². The lowest BCUT2D eigenvalue weighted by molar-refractivity contribution is 0.105. The van der Waals surface area contributed by atoms with Crippen LogP contribution in [0.3, 0.4) is 0 Å². The van der Waals surface area contributed by atoms with E-state index in [1.54, 1.807) is 7.11 Å². The van der Waals surface area contributed by atoms with Crippen molar-refractivity contribution in [2.75, 3.05) is 20.3 Å². The third kappa shape index (κ3) is 5.67. The molecule has 1 atom stereocenters. The average Bonchev–Trinajstić information content (AvgIpc) is 3.26. The standard InChI is InChI=1S/C17H27NO3.ClH/c1-17(2,3)15-9-14(20-4)7-8-16(15)21-11-13(19)10-18-12-5-6-12;/h7-9,12-13,18-19H,5-6,10-11H2,1-4H3;1H. The third-order valence-electron chi connectivity index (χ3n) is 3.65. The molecule has 0 aromatic heterocycles. The number of aliphatic hydroxyl groups excluding tert-OH is 1. The summed E-state index contributed by atoms with van der Waals surface area (Å²) >= 11 is 0. The van der Waals surface area contributed by atoms with Gasteiger partial charge in [0.2, 0.25) is 0 Å². The number of nitrogens with one attached hydrogen (secondary N) is 1. The van der Waals surface area contributed by atoms with Crippen LogP contribution in [0.1, 0.15) is 39.2 Å². The molecule has 2 N–H and O–H groups in total. The summed E-state index contributed by atoms with van der Waals surface area (Å²) in [5.41, 5.74) is 1.05. The first-order chi connectivity index (χ1) is 9.90. The van der Waals surface area contributed by atoms with Crippen LogP contribution in [0.5, 0.6) is 11.5 Å². The molecule has 1 unspecified atom stereocenters. The predicted molar refractivity (Wildman–Crippen MR) is 91.5 cm³/mol. The van der Waals surface area contributed by atoms with E-state index in [-0.39, 0.29) is 17.8 Å². The van der Waals surface area contributed by atoms with E-state index in [4.69, 9.17) is 9.47 Å². The van der Waals surface area contributed by atoms with Crippen LogP contribution in [0.4, 0.5) is 0 Å². The fourth-order valence-electron chi connectivity index (χ4n) is 2.18. The Morgan fingerprint density at radius 1 is 1.32 bits per heavy atom. The molecule has 5 heteroatoms. The van der Waals surface area contributed by atoms with Gasteiger partial charge in [0.1, 0.15) is 24.2 Å². The lowest BCUT2D eigenvalue weighted by Crippen LogP contribution is -2.32. The Hall–Kier alpha value is -0.970. The minimum Gasteiger partial charge on any atom is -0.497 e. The van der Waals surface area contributed by atoms with Crippen molar-refractivity contribution >= 4 is 12.4 Å². The molecular formula is C17H28ClNO3. The predicted octanol–water partition coefficient (Wildman–Crippen LogP) is 2.91. The number of aliphatic hydroxyl groups is 1. The Bertz CT molecular complexity index is 469. The van der Waals surface area contributed by atoms with Crippen LogP contribution in [-0.4, -0.2) is 37.5 Å². The van der Waals surface area contributed by atoms with Crippen molar-refractivity contribution in [1.29, 1.82) is 0 Å². The highest BCUT2D eigenvalue weighted by Gasteiger charge is 2.23. The summed E-state index contributed by atoms with van der Waals surface area (Å²) in [5.74, 6) is 1.64. The lowest BCUT2D eigenvalue weighted by Gasteiger charge is -2.24. The zero-order valence-electron chi connectivity index (χ0n) is 13.9. The minimum atomic E-state index is -0.486. The van der Waals surface area contributed by atoms with Gasteiger partial charge in [-0.1, -0.05) is 20.8 Å². The molecule has 1 saturated carbocycles. The zero-order valence-corrected chi connectivity index (χ0v) is 14.7. The highest BCUT2D eigenvalue weighted by molar-refractivity contribution is 5.85. The van der Waals surface area contributed by atoms with E-state index in [0.717, 1.165) is 17.1 Å². The third-order valence-corrected chi connectivity index (χ3v) is 3.65. The fraction of sp³-hybridized carbons (Fsp3) is 0.647. The fourth-order valence-corrected chi connectivity index (χ4v) is 2.18. The van der Waals surface area contributed by atoms with E-state index in [1.807, 2.05) is 18.2 Å². The summed E-state index contributed by atoms with van der Waals surface area (Å²) in [6, 6.07) is 6.41. The van der Waals surface area contributed by atoms with Gasteiger partial charge in [-0.25, -0.2) is 0 Å². The van der Waals surface area contributed by atoms with Gasteiger partial charge in [-0.3, -0.25) is 0 Å². The number of ether oxygens (including phenoxy) is 2. The summed E-state index contributed by atoms with van der Waals surface area (Å²) in [4.78, 5) is 0. The van der Waals surface area contributed by atoms with E-state index in [9.17, 15) is 5.11 Å². The summed E-state index contributed by atoms with van der Waals surface area (Å²) in [6.07, 6.45) is 1.96. The van der Waals surface area contributed by atoms with Crippen LogP contribution in [0.25, 0.3) is 0 Å². The Kier molecular flexibility index (Phi) is 6.98. The number of rotatable bonds is 7. The Labute approximate surface area is 139 Å². The maximum Gasteiger partial charge on any atom is 0.123 e. The topological polar surface area (TPSA) is 50.7 Å². The second-order valence-electron chi connectivity index (χ2n) is 6.76. The van der Waals surface area contributed by atoms with Gasteiger partial charge in [0.05, 0.1) is 7.11 Å². The monoisotopic (exact) mass is 329 g/mol. The minimum absolute atomic E-state index is 0. The van der Waals surface area contributed by atoms with Crippen molar-refractivity contribution in [1.82, 2.24) is 5.32 Å². The SMILES string of the molecule is COc1ccc(OCC(O)CNC2CC2)c(C(C)(C)C)c1.Cl. The van der Waals surface area contributed by atoms with E-state index < -0.39 is 6.10 Å². The van der Waals surface area contributed by atoms with Crippen LogP contribution in [0, 0.1) is 0 Å². The summed E-state index contributed by atoms with van der Waals surface area (Å²) in [5, 5.41) is 13.3. The van der Waals surface area contributed by atoms with Crippen molar-refractivity contribution in [3.63, 3.8) is 0 Å². The Balaban J connectivity index is 0.00000242. The molecule has 1 aliphatic carbocycles. The Morgan fingerprint density at radius 3 is 2.55 bits per heavy atom. The summed E-state index contributed by atoms with van der Waals surface area (Å²) in [7, 11) is 1.66. The van der Waals surface area contributed by atoms with Crippen molar-refractivity contribution in [3.05, 3.63) is 23.8 Å². The molecule has 1 aromatic carbocycles. The molecule has 22 heavy (non-hydrogen) atoms. The quantitative estimate of drug-likeness (QED) is 0.807. The molecule has 0 heterocycles. The molecule has 0 saturated heterocycles. The molecular weight excluding hydrogens is 302 g/mol.